The van der Waals surface area contributed by atoms with E-state index in [2.05, 4.69) is 12.0 Å². The van der Waals surface area contributed by atoms with E-state index in [-0.39, 0.29) is 0 Å². The van der Waals surface area contributed by atoms with Crippen molar-refractivity contribution in [1.82, 2.24) is 9.94 Å². The van der Waals surface area contributed by atoms with Crippen LogP contribution in [0.15, 0.2) is 24.3 Å². The van der Waals surface area contributed by atoms with Crippen LogP contribution in [0.25, 0.3) is 10.9 Å². The molecule has 1 heterocycles. The molecule has 2 aromatic rings. The molecule has 0 spiro atoms. The third kappa shape index (κ3) is 1.26. The molecule has 2 rings (SSSR count). The average Bonchev–Trinajstić information content (AvgIpc) is 2.46. The fourth-order valence-electron chi connectivity index (χ4n) is 1.54. The van der Waals surface area contributed by atoms with Crippen LogP contribution in [0.1, 0.15) is 19.0 Å². The van der Waals surface area contributed by atoms with Gasteiger partial charge in [-0.15, -0.1) is 9.94 Å². The van der Waals surface area contributed by atoms with Gasteiger partial charge in [0.2, 0.25) is 0 Å². The topological polar surface area (TPSA) is 38.0 Å². The average molecular weight is 176 g/mol. The summed E-state index contributed by atoms with van der Waals surface area (Å²) in [4.78, 5) is 0.959. The van der Waals surface area contributed by atoms with Crippen molar-refractivity contribution in [1.29, 1.82) is 0 Å². The van der Waals surface area contributed by atoms with Crippen molar-refractivity contribution in [2.45, 2.75) is 19.8 Å². The molecule has 0 amide bonds. The summed E-state index contributed by atoms with van der Waals surface area (Å²) in [5, 5.41) is 14.5. The van der Waals surface area contributed by atoms with E-state index in [1.807, 2.05) is 24.3 Å². The fourth-order valence-corrected chi connectivity index (χ4v) is 1.54. The number of aryl methyl sites for hydroxylation is 1. The van der Waals surface area contributed by atoms with Gasteiger partial charge in [0.25, 0.3) is 0 Å². The molecule has 13 heavy (non-hydrogen) atoms. The number of para-hydroxylation sites is 1. The molecule has 0 radical (unpaired) electrons. The molecule has 0 aliphatic carbocycles. The highest BCUT2D eigenvalue weighted by Crippen LogP contribution is 2.17. The number of benzene rings is 1. The molecule has 1 N–H and O–H groups in total. The third-order valence-electron chi connectivity index (χ3n) is 2.13. The minimum atomic E-state index is 0.783. The van der Waals surface area contributed by atoms with Gasteiger partial charge in [0.05, 0.1) is 5.69 Å². The summed E-state index contributed by atoms with van der Waals surface area (Å²) >= 11 is 0. The van der Waals surface area contributed by atoms with Gasteiger partial charge in [-0.1, -0.05) is 31.5 Å². The number of hydrogen-bond donors (Lipinski definition) is 1. The molecule has 0 aliphatic rings. The first-order valence-electron chi connectivity index (χ1n) is 4.49. The van der Waals surface area contributed by atoms with Crippen molar-refractivity contribution in [3.05, 3.63) is 30.0 Å². The lowest BCUT2D eigenvalue weighted by Gasteiger charge is -1.90. The Hall–Kier alpha value is -1.51. The van der Waals surface area contributed by atoms with Gasteiger partial charge < -0.3 is 5.21 Å². The van der Waals surface area contributed by atoms with Gasteiger partial charge in [0, 0.05) is 5.39 Å². The van der Waals surface area contributed by atoms with Gasteiger partial charge in [-0.3, -0.25) is 0 Å². The van der Waals surface area contributed by atoms with Crippen molar-refractivity contribution in [2.75, 3.05) is 0 Å². The van der Waals surface area contributed by atoms with Crippen molar-refractivity contribution in [3.8, 4) is 0 Å². The van der Waals surface area contributed by atoms with E-state index in [0.717, 1.165) is 34.3 Å². The summed E-state index contributed by atoms with van der Waals surface area (Å²) in [6, 6.07) is 7.71. The maximum Gasteiger partial charge on any atom is 0.110 e. The summed E-state index contributed by atoms with van der Waals surface area (Å²) in [5.74, 6) is 0. The predicted molar refractivity (Wildman–Crippen MR) is 50.9 cm³/mol. The SMILES string of the molecule is CCCc1nn(O)c2ccccc12. The van der Waals surface area contributed by atoms with E-state index in [4.69, 9.17) is 0 Å². The maximum absolute atomic E-state index is 9.42. The van der Waals surface area contributed by atoms with Crippen LogP contribution in [0.3, 0.4) is 0 Å². The van der Waals surface area contributed by atoms with Crippen molar-refractivity contribution in [2.24, 2.45) is 0 Å². The number of hydrogen-bond acceptors (Lipinski definition) is 2. The lowest BCUT2D eigenvalue weighted by Crippen LogP contribution is -1.92. The molecular weight excluding hydrogens is 164 g/mol. The van der Waals surface area contributed by atoms with E-state index < -0.39 is 0 Å². The second-order valence-electron chi connectivity index (χ2n) is 3.10. The molecule has 0 saturated carbocycles. The molecule has 3 nitrogen and oxygen atoms in total. The number of nitrogens with zero attached hydrogens (tertiary/aromatic N) is 2. The first-order chi connectivity index (χ1) is 6.33. The van der Waals surface area contributed by atoms with E-state index in [0.29, 0.717) is 0 Å². The quantitative estimate of drug-likeness (QED) is 0.712. The first kappa shape index (κ1) is 8.10. The van der Waals surface area contributed by atoms with Gasteiger partial charge in [0.1, 0.15) is 5.52 Å². The van der Waals surface area contributed by atoms with Gasteiger partial charge >= 0.3 is 0 Å². The maximum atomic E-state index is 9.42. The van der Waals surface area contributed by atoms with Crippen LogP contribution in [0.5, 0.6) is 0 Å². The van der Waals surface area contributed by atoms with E-state index >= 15 is 0 Å². The summed E-state index contributed by atoms with van der Waals surface area (Å²) in [5.41, 5.74) is 1.76. The Morgan fingerprint density at radius 2 is 2.15 bits per heavy atom. The highest BCUT2D eigenvalue weighted by atomic mass is 16.5. The molecule has 68 valence electrons. The minimum absolute atomic E-state index is 0.783. The van der Waals surface area contributed by atoms with Crippen molar-refractivity contribution >= 4 is 10.9 Å². The van der Waals surface area contributed by atoms with E-state index in [9.17, 15) is 5.21 Å². The van der Waals surface area contributed by atoms with Gasteiger partial charge in [0.15, 0.2) is 0 Å². The molecule has 0 fully saturated rings. The van der Waals surface area contributed by atoms with Gasteiger partial charge in [-0.2, -0.15) is 0 Å². The number of aromatic nitrogens is 2. The molecular formula is C10H12N2O. The summed E-state index contributed by atoms with van der Waals surface area (Å²) < 4.78 is 0. The standard InChI is InChI=1S/C10H12N2O/c1-2-5-9-8-6-3-4-7-10(8)12(13)11-9/h3-4,6-7,13H,2,5H2,1H3. The van der Waals surface area contributed by atoms with Crippen LogP contribution in [-0.2, 0) is 6.42 Å². The zero-order valence-electron chi connectivity index (χ0n) is 7.57. The normalized spacial score (nSPS) is 10.8. The van der Waals surface area contributed by atoms with Gasteiger partial charge in [-0.05, 0) is 12.5 Å². The second-order valence-corrected chi connectivity index (χ2v) is 3.10. The highest BCUT2D eigenvalue weighted by Gasteiger charge is 2.07. The first-order valence-corrected chi connectivity index (χ1v) is 4.49. The van der Waals surface area contributed by atoms with Crippen LogP contribution in [0.4, 0.5) is 0 Å². The van der Waals surface area contributed by atoms with Crippen LogP contribution < -0.4 is 0 Å². The number of rotatable bonds is 2. The molecule has 0 saturated heterocycles. The highest BCUT2D eigenvalue weighted by molar-refractivity contribution is 5.81. The zero-order chi connectivity index (χ0) is 9.26. The third-order valence-corrected chi connectivity index (χ3v) is 2.13. The smallest absolute Gasteiger partial charge is 0.110 e. The van der Waals surface area contributed by atoms with E-state index in [1.165, 1.54) is 0 Å². The minimum Gasteiger partial charge on any atom is -0.411 e. The summed E-state index contributed by atoms with van der Waals surface area (Å²) in [6.45, 7) is 2.10. The molecule has 0 bridgehead atoms. The molecule has 0 atom stereocenters. The molecule has 1 aromatic carbocycles. The van der Waals surface area contributed by atoms with Crippen LogP contribution in [0.2, 0.25) is 0 Å². The Bertz CT molecular complexity index is 420. The summed E-state index contributed by atoms with van der Waals surface area (Å²) in [7, 11) is 0. The lowest BCUT2D eigenvalue weighted by atomic mass is 10.1. The predicted octanol–water partition coefficient (Wildman–Crippen LogP) is 2.23. The van der Waals surface area contributed by atoms with Crippen LogP contribution in [0, 0.1) is 0 Å². The number of fused-ring (bicyclic) bond motifs is 1. The van der Waals surface area contributed by atoms with Crippen LogP contribution >= 0.6 is 0 Å². The van der Waals surface area contributed by atoms with Crippen LogP contribution in [-0.4, -0.2) is 15.2 Å². The molecule has 1 aromatic heterocycles. The second kappa shape index (κ2) is 3.09. The Kier molecular flexibility index (Phi) is 1.93. The Labute approximate surface area is 76.6 Å². The fraction of sp³-hybridized carbons (Fsp3) is 0.300. The Morgan fingerprint density at radius 3 is 2.92 bits per heavy atom. The molecule has 0 unspecified atom stereocenters. The lowest BCUT2D eigenvalue weighted by molar-refractivity contribution is 0.160. The largest absolute Gasteiger partial charge is 0.411 e. The molecule has 0 aliphatic heterocycles. The molecule has 3 heteroatoms. The van der Waals surface area contributed by atoms with Crippen molar-refractivity contribution < 1.29 is 5.21 Å². The Morgan fingerprint density at radius 1 is 1.38 bits per heavy atom. The Balaban J connectivity index is 2.63. The summed E-state index contributed by atoms with van der Waals surface area (Å²) in [6.07, 6.45) is 1.95. The monoisotopic (exact) mass is 176 g/mol. The van der Waals surface area contributed by atoms with Crippen molar-refractivity contribution in [3.63, 3.8) is 0 Å². The zero-order valence-corrected chi connectivity index (χ0v) is 7.57. The van der Waals surface area contributed by atoms with Gasteiger partial charge in [-0.25, -0.2) is 0 Å². The van der Waals surface area contributed by atoms with E-state index in [1.54, 1.807) is 0 Å².